The number of carbonyl (C=O) groups is 1. The van der Waals surface area contributed by atoms with Crippen molar-refractivity contribution in [3.05, 3.63) is 64.2 Å². The van der Waals surface area contributed by atoms with E-state index >= 15 is 0 Å². The third-order valence-corrected chi connectivity index (χ3v) is 6.27. The maximum absolute atomic E-state index is 14.9. The Morgan fingerprint density at radius 2 is 2.12 bits per heavy atom. The summed E-state index contributed by atoms with van der Waals surface area (Å²) in [6, 6.07) is 6.37. The van der Waals surface area contributed by atoms with Crippen molar-refractivity contribution in [3.63, 3.8) is 0 Å². The number of fused-ring (bicyclic) bond motifs is 1. The number of pyridine rings is 1. The second-order valence-corrected chi connectivity index (χ2v) is 8.49. The number of benzene rings is 1. The fourth-order valence-corrected chi connectivity index (χ4v) is 4.49. The highest BCUT2D eigenvalue weighted by molar-refractivity contribution is 6.30. The molecule has 166 valence electrons. The zero-order chi connectivity index (χ0) is 22.4. The fraction of sp³-hybridized carbons (Fsp3) is 0.348. The molecule has 2 aliphatic rings. The predicted molar refractivity (Wildman–Crippen MR) is 119 cm³/mol. The third kappa shape index (κ3) is 3.63. The second-order valence-electron chi connectivity index (χ2n) is 8.05. The molecule has 7 nitrogen and oxygen atoms in total. The topological polar surface area (TPSA) is 63.5 Å². The van der Waals surface area contributed by atoms with Crippen LogP contribution in [-0.4, -0.2) is 51.8 Å². The van der Waals surface area contributed by atoms with Gasteiger partial charge in [0.05, 0.1) is 24.1 Å². The van der Waals surface area contributed by atoms with E-state index in [1.807, 2.05) is 26.2 Å². The molecule has 0 spiro atoms. The highest BCUT2D eigenvalue weighted by atomic mass is 35.5. The molecule has 2 aromatic heterocycles. The van der Waals surface area contributed by atoms with E-state index < -0.39 is 5.82 Å². The van der Waals surface area contributed by atoms with E-state index in [-0.39, 0.29) is 12.0 Å². The zero-order valence-electron chi connectivity index (χ0n) is 17.9. The van der Waals surface area contributed by atoms with Crippen molar-refractivity contribution in [1.29, 1.82) is 0 Å². The molecule has 0 N–H and O–H groups in total. The zero-order valence-corrected chi connectivity index (χ0v) is 18.6. The second kappa shape index (κ2) is 8.18. The smallest absolute Gasteiger partial charge is 0.254 e. The molecule has 0 radical (unpaired) electrons. The van der Waals surface area contributed by atoms with Crippen LogP contribution >= 0.6 is 11.6 Å². The highest BCUT2D eigenvalue weighted by Gasteiger charge is 2.33. The Labute approximate surface area is 190 Å². The largest absolute Gasteiger partial charge is 0.370 e. The summed E-state index contributed by atoms with van der Waals surface area (Å²) in [5, 5.41) is 4.55. The van der Waals surface area contributed by atoms with Crippen LogP contribution in [0.5, 0.6) is 0 Å². The molecule has 1 amide bonds. The van der Waals surface area contributed by atoms with Gasteiger partial charge in [0.15, 0.2) is 0 Å². The Bertz CT molecular complexity index is 1200. The minimum absolute atomic E-state index is 0.0566. The number of carbonyl (C=O) groups excluding carboxylic acids is 1. The summed E-state index contributed by atoms with van der Waals surface area (Å²) in [5.41, 5.74) is 3.13. The molecular formula is C23H23ClFN5O2. The summed E-state index contributed by atoms with van der Waals surface area (Å²) < 4.78 is 22.6. The van der Waals surface area contributed by atoms with Gasteiger partial charge in [-0.3, -0.25) is 9.48 Å². The Kier molecular flexibility index (Phi) is 5.35. The van der Waals surface area contributed by atoms with Crippen LogP contribution < -0.4 is 4.90 Å². The molecular weight excluding hydrogens is 433 g/mol. The molecule has 3 aromatic rings. The van der Waals surface area contributed by atoms with Crippen molar-refractivity contribution >= 4 is 23.3 Å². The van der Waals surface area contributed by atoms with Crippen LogP contribution in [-0.2, 0) is 18.3 Å². The molecule has 1 aromatic carbocycles. The Morgan fingerprint density at radius 3 is 2.84 bits per heavy atom. The van der Waals surface area contributed by atoms with E-state index in [1.165, 1.54) is 6.07 Å². The summed E-state index contributed by atoms with van der Waals surface area (Å²) in [4.78, 5) is 21.7. The van der Waals surface area contributed by atoms with Crippen LogP contribution in [0.2, 0.25) is 5.02 Å². The first kappa shape index (κ1) is 20.9. The number of aromatic nitrogens is 3. The molecule has 4 heterocycles. The SMILES string of the molecule is CCN1Cc2c(cc(N3CCOC(c4cnn(C)c4)C3)nc2-c2ccc(Cl)cc2F)C1=O. The fourth-order valence-electron chi connectivity index (χ4n) is 4.33. The van der Waals surface area contributed by atoms with E-state index in [1.54, 1.807) is 27.9 Å². The summed E-state index contributed by atoms with van der Waals surface area (Å²) in [5.74, 6) is 0.123. The molecule has 2 aliphatic heterocycles. The Morgan fingerprint density at radius 1 is 1.28 bits per heavy atom. The maximum atomic E-state index is 14.9. The van der Waals surface area contributed by atoms with Gasteiger partial charge in [-0.15, -0.1) is 0 Å². The van der Waals surface area contributed by atoms with Gasteiger partial charge in [-0.25, -0.2) is 9.37 Å². The molecule has 0 aliphatic carbocycles. The van der Waals surface area contributed by atoms with Gasteiger partial charge >= 0.3 is 0 Å². The van der Waals surface area contributed by atoms with Gasteiger partial charge < -0.3 is 14.5 Å². The first-order valence-electron chi connectivity index (χ1n) is 10.6. The normalized spacial score (nSPS) is 18.4. The molecule has 0 saturated carbocycles. The molecule has 0 bridgehead atoms. The van der Waals surface area contributed by atoms with E-state index in [4.69, 9.17) is 21.3 Å². The van der Waals surface area contributed by atoms with Crippen LogP contribution in [0, 0.1) is 5.82 Å². The van der Waals surface area contributed by atoms with Crippen LogP contribution in [0.15, 0.2) is 36.7 Å². The van der Waals surface area contributed by atoms with Crippen molar-refractivity contribution in [2.45, 2.75) is 19.6 Å². The summed E-state index contributed by atoms with van der Waals surface area (Å²) in [6.45, 7) is 4.62. The number of ether oxygens (including phenoxy) is 1. The van der Waals surface area contributed by atoms with Gasteiger partial charge in [-0.1, -0.05) is 11.6 Å². The van der Waals surface area contributed by atoms with E-state index in [0.29, 0.717) is 60.4 Å². The lowest BCUT2D eigenvalue weighted by Crippen LogP contribution is -2.39. The first-order valence-corrected chi connectivity index (χ1v) is 11.0. The lowest BCUT2D eigenvalue weighted by molar-refractivity contribution is 0.0395. The van der Waals surface area contributed by atoms with Gasteiger partial charge in [0.1, 0.15) is 17.7 Å². The van der Waals surface area contributed by atoms with Gasteiger partial charge in [0, 0.05) is 61.1 Å². The number of morpholine rings is 1. The van der Waals surface area contributed by atoms with Crippen LogP contribution in [0.4, 0.5) is 10.2 Å². The van der Waals surface area contributed by atoms with Gasteiger partial charge in [0.25, 0.3) is 5.91 Å². The van der Waals surface area contributed by atoms with Crippen molar-refractivity contribution in [3.8, 4) is 11.3 Å². The number of hydrogen-bond donors (Lipinski definition) is 0. The molecule has 9 heteroatoms. The summed E-state index contributed by atoms with van der Waals surface area (Å²) >= 11 is 5.97. The Balaban J connectivity index is 1.57. The van der Waals surface area contributed by atoms with E-state index in [0.717, 1.165) is 11.1 Å². The molecule has 1 fully saturated rings. The number of hydrogen-bond acceptors (Lipinski definition) is 5. The van der Waals surface area contributed by atoms with E-state index in [2.05, 4.69) is 10.00 Å². The van der Waals surface area contributed by atoms with Gasteiger partial charge in [0.2, 0.25) is 0 Å². The molecule has 32 heavy (non-hydrogen) atoms. The lowest BCUT2D eigenvalue weighted by Gasteiger charge is -2.33. The van der Waals surface area contributed by atoms with Crippen molar-refractivity contribution in [2.75, 3.05) is 31.1 Å². The molecule has 1 atom stereocenters. The number of anilines is 1. The summed E-state index contributed by atoms with van der Waals surface area (Å²) in [7, 11) is 1.87. The minimum Gasteiger partial charge on any atom is -0.370 e. The number of rotatable bonds is 4. The monoisotopic (exact) mass is 455 g/mol. The number of aryl methyl sites for hydroxylation is 1. The standard InChI is InChI=1S/C23H23ClFN5O2/c1-3-29-12-18-17(23(29)31)9-21(27-22(18)16-5-4-15(24)8-19(16)25)30-6-7-32-20(13-30)14-10-26-28(2)11-14/h4-5,8-11,20H,3,6-7,12-13H2,1-2H3. The van der Waals surface area contributed by atoms with Crippen LogP contribution in [0.3, 0.4) is 0 Å². The number of halogens is 2. The highest BCUT2D eigenvalue weighted by Crippen LogP contribution is 2.37. The lowest BCUT2D eigenvalue weighted by atomic mass is 10.0. The van der Waals surface area contributed by atoms with Crippen LogP contribution in [0.25, 0.3) is 11.3 Å². The molecule has 1 unspecified atom stereocenters. The quantitative estimate of drug-likeness (QED) is 0.598. The predicted octanol–water partition coefficient (Wildman–Crippen LogP) is 3.83. The van der Waals surface area contributed by atoms with Crippen molar-refractivity contribution < 1.29 is 13.9 Å². The summed E-state index contributed by atoms with van der Waals surface area (Å²) in [6.07, 6.45) is 3.56. The van der Waals surface area contributed by atoms with Crippen molar-refractivity contribution in [2.24, 2.45) is 7.05 Å². The first-order chi connectivity index (χ1) is 15.4. The van der Waals surface area contributed by atoms with Crippen LogP contribution in [0.1, 0.15) is 34.5 Å². The van der Waals surface area contributed by atoms with Gasteiger partial charge in [-0.2, -0.15) is 5.10 Å². The third-order valence-electron chi connectivity index (χ3n) is 6.03. The molecule has 5 rings (SSSR count). The van der Waals surface area contributed by atoms with E-state index in [9.17, 15) is 9.18 Å². The van der Waals surface area contributed by atoms with Gasteiger partial charge in [-0.05, 0) is 31.2 Å². The maximum Gasteiger partial charge on any atom is 0.254 e. The average molecular weight is 456 g/mol. The van der Waals surface area contributed by atoms with Crippen molar-refractivity contribution in [1.82, 2.24) is 19.7 Å². The Hall–Kier alpha value is -2.97. The number of nitrogens with zero attached hydrogens (tertiary/aromatic N) is 5. The number of amides is 1. The molecule has 1 saturated heterocycles. The average Bonchev–Trinajstić information content (AvgIpc) is 3.37. The minimum atomic E-state index is -0.457.